The van der Waals surface area contributed by atoms with Crippen LogP contribution in [-0.2, 0) is 11.2 Å². The lowest BCUT2D eigenvalue weighted by Crippen LogP contribution is -2.38. The first-order valence-corrected chi connectivity index (χ1v) is 14.2. The van der Waals surface area contributed by atoms with E-state index < -0.39 is 47.1 Å². The monoisotopic (exact) mass is 665 g/mol. The van der Waals surface area contributed by atoms with Crippen molar-refractivity contribution in [1.82, 2.24) is 5.32 Å². The summed E-state index contributed by atoms with van der Waals surface area (Å²) >= 11 is 19.4. The van der Waals surface area contributed by atoms with Crippen LogP contribution in [0.25, 0.3) is 6.08 Å². The molecule has 202 valence electrons. The molecular weight excluding hydrogens is 648 g/mol. The second-order valence-electron chi connectivity index (χ2n) is 8.73. The summed E-state index contributed by atoms with van der Waals surface area (Å²) in [6.07, 6.45) is -2.71. The summed E-state index contributed by atoms with van der Waals surface area (Å²) in [6.45, 7) is 1.61. The number of amides is 1. The number of hydrogen-bond donors (Lipinski definition) is 1. The SMILES string of the molecule is C[C@H](C[S+]([O-])CC1CC1(F)F)NC(=O)c1ccc(/C=C/C(c2cc(Cl)c(Cl)c(Cl)c2)C(F)(F)F)cc1Br. The maximum Gasteiger partial charge on any atom is 0.399 e. The molecule has 0 heterocycles. The molecule has 3 nitrogen and oxygen atoms in total. The Morgan fingerprint density at radius 3 is 2.35 bits per heavy atom. The Balaban J connectivity index is 1.68. The molecule has 0 spiro atoms. The Morgan fingerprint density at radius 2 is 1.84 bits per heavy atom. The Bertz CT molecular complexity index is 1170. The summed E-state index contributed by atoms with van der Waals surface area (Å²) in [7, 11) is 0. The van der Waals surface area contributed by atoms with Gasteiger partial charge in [-0.2, -0.15) is 13.2 Å². The van der Waals surface area contributed by atoms with Gasteiger partial charge >= 0.3 is 6.18 Å². The van der Waals surface area contributed by atoms with Crippen molar-refractivity contribution in [1.29, 1.82) is 0 Å². The second kappa shape index (κ2) is 12.0. The van der Waals surface area contributed by atoms with Gasteiger partial charge in [0.15, 0.2) is 0 Å². The van der Waals surface area contributed by atoms with Gasteiger partial charge < -0.3 is 9.87 Å². The van der Waals surface area contributed by atoms with Crippen LogP contribution in [0.5, 0.6) is 0 Å². The minimum atomic E-state index is -4.64. The molecule has 1 aliphatic carbocycles. The number of nitrogens with one attached hydrogen (secondary N) is 1. The summed E-state index contributed by atoms with van der Waals surface area (Å²) in [5.74, 6) is -6.25. The molecule has 3 unspecified atom stereocenters. The van der Waals surface area contributed by atoms with E-state index in [4.69, 9.17) is 34.8 Å². The summed E-state index contributed by atoms with van der Waals surface area (Å²) in [4.78, 5) is 12.6. The highest BCUT2D eigenvalue weighted by Crippen LogP contribution is 2.49. The lowest BCUT2D eigenvalue weighted by molar-refractivity contribution is -0.139. The lowest BCUT2D eigenvalue weighted by Gasteiger charge is -2.18. The Labute approximate surface area is 237 Å². The fraction of sp³-hybridized carbons (Fsp3) is 0.375. The van der Waals surface area contributed by atoms with Crippen molar-refractivity contribution < 1.29 is 31.3 Å². The lowest BCUT2D eigenvalue weighted by atomic mass is 9.97. The number of alkyl halides is 5. The van der Waals surface area contributed by atoms with Gasteiger partial charge in [-0.25, -0.2) is 8.78 Å². The van der Waals surface area contributed by atoms with Crippen LogP contribution in [-0.4, -0.2) is 40.1 Å². The van der Waals surface area contributed by atoms with Crippen molar-refractivity contribution in [2.45, 2.75) is 37.4 Å². The predicted molar refractivity (Wildman–Crippen MR) is 141 cm³/mol. The van der Waals surface area contributed by atoms with Crippen LogP contribution < -0.4 is 5.32 Å². The molecule has 1 fully saturated rings. The van der Waals surface area contributed by atoms with Crippen molar-refractivity contribution in [2.24, 2.45) is 5.92 Å². The molecule has 0 saturated heterocycles. The van der Waals surface area contributed by atoms with Gasteiger partial charge in [0.25, 0.3) is 11.8 Å². The third-order valence-electron chi connectivity index (χ3n) is 5.59. The Hall–Kier alpha value is -1.04. The minimum Gasteiger partial charge on any atom is -0.616 e. The predicted octanol–water partition coefficient (Wildman–Crippen LogP) is 8.29. The van der Waals surface area contributed by atoms with Crippen molar-refractivity contribution in [3.63, 3.8) is 0 Å². The van der Waals surface area contributed by atoms with Crippen LogP contribution >= 0.6 is 50.7 Å². The molecule has 0 bridgehead atoms. The maximum absolute atomic E-state index is 13.8. The van der Waals surface area contributed by atoms with Crippen LogP contribution in [0, 0.1) is 5.92 Å². The quantitative estimate of drug-likeness (QED) is 0.166. The van der Waals surface area contributed by atoms with Crippen LogP contribution in [0.1, 0.15) is 40.7 Å². The van der Waals surface area contributed by atoms with Gasteiger partial charge in [-0.05, 0) is 58.2 Å². The molecule has 13 heteroatoms. The Morgan fingerprint density at radius 1 is 1.24 bits per heavy atom. The van der Waals surface area contributed by atoms with E-state index in [1.165, 1.54) is 24.3 Å². The summed E-state index contributed by atoms with van der Waals surface area (Å²) < 4.78 is 79.7. The van der Waals surface area contributed by atoms with E-state index in [1.54, 1.807) is 6.92 Å². The molecule has 1 saturated carbocycles. The average molecular weight is 668 g/mol. The molecule has 37 heavy (non-hydrogen) atoms. The molecule has 2 aromatic carbocycles. The van der Waals surface area contributed by atoms with Gasteiger partial charge in [-0.3, -0.25) is 4.79 Å². The van der Waals surface area contributed by atoms with Crippen molar-refractivity contribution in [2.75, 3.05) is 11.5 Å². The molecule has 1 aliphatic rings. The van der Waals surface area contributed by atoms with E-state index in [9.17, 15) is 31.3 Å². The van der Waals surface area contributed by atoms with E-state index in [2.05, 4.69) is 21.2 Å². The highest BCUT2D eigenvalue weighted by atomic mass is 79.9. The first-order valence-electron chi connectivity index (χ1n) is 10.8. The van der Waals surface area contributed by atoms with Crippen molar-refractivity contribution in [3.8, 4) is 0 Å². The third kappa shape index (κ3) is 8.22. The van der Waals surface area contributed by atoms with E-state index in [0.29, 0.717) is 10.0 Å². The van der Waals surface area contributed by atoms with E-state index in [-0.39, 0.29) is 44.1 Å². The highest BCUT2D eigenvalue weighted by molar-refractivity contribution is 9.10. The first-order chi connectivity index (χ1) is 17.1. The number of rotatable bonds is 9. The van der Waals surface area contributed by atoms with Crippen LogP contribution in [0.2, 0.25) is 15.1 Å². The van der Waals surface area contributed by atoms with Gasteiger partial charge in [0, 0.05) is 10.9 Å². The third-order valence-corrected chi connectivity index (χ3v) is 9.09. The minimum absolute atomic E-state index is 0.0221. The standard InChI is InChI=1S/C24H20BrCl3F5NO2S/c1-12(10-37(36)11-15-9-23(15,29)30)34-22(35)16-4-2-13(6-18(16)25)3-5-17(24(31,32)33)14-7-19(26)21(28)20(27)8-14/h2-8,12,15,17H,9-11H2,1H3,(H,34,35)/b5-3+/t12-,15?,17?,37?/m1/s1. The maximum atomic E-state index is 13.8. The fourth-order valence-electron chi connectivity index (χ4n) is 3.56. The molecule has 2 aromatic rings. The normalized spacial score (nSPS) is 19.5. The Kier molecular flexibility index (Phi) is 9.89. The second-order valence-corrected chi connectivity index (χ2v) is 12.3. The van der Waals surface area contributed by atoms with Gasteiger partial charge in [-0.1, -0.05) is 64.2 Å². The fourth-order valence-corrected chi connectivity index (χ4v) is 6.33. The number of carbonyl (C=O) groups is 1. The molecule has 3 rings (SSSR count). The number of benzene rings is 2. The zero-order valence-corrected chi connectivity index (χ0v) is 23.7. The molecule has 1 amide bonds. The van der Waals surface area contributed by atoms with Gasteiger partial charge in [-0.15, -0.1) is 0 Å². The first kappa shape index (κ1) is 30.5. The zero-order chi connectivity index (χ0) is 27.7. The van der Waals surface area contributed by atoms with Gasteiger partial charge in [0.1, 0.15) is 11.5 Å². The number of halogens is 9. The number of carbonyl (C=O) groups excluding carboxylic acids is 1. The molecule has 4 atom stereocenters. The summed E-state index contributed by atoms with van der Waals surface area (Å²) in [6, 6.07) is 6.02. The van der Waals surface area contributed by atoms with E-state index >= 15 is 0 Å². The van der Waals surface area contributed by atoms with Crippen LogP contribution in [0.3, 0.4) is 0 Å². The molecule has 0 aromatic heterocycles. The van der Waals surface area contributed by atoms with Crippen molar-refractivity contribution >= 4 is 73.9 Å². The largest absolute Gasteiger partial charge is 0.616 e. The van der Waals surface area contributed by atoms with Gasteiger partial charge in [0.2, 0.25) is 0 Å². The topological polar surface area (TPSA) is 52.2 Å². The smallest absolute Gasteiger partial charge is 0.399 e. The zero-order valence-electron chi connectivity index (χ0n) is 19.0. The number of allylic oxidation sites excluding steroid dienone is 1. The molecule has 0 radical (unpaired) electrons. The van der Waals surface area contributed by atoms with Crippen LogP contribution in [0.4, 0.5) is 22.0 Å². The molecular formula is C24H20BrCl3F5NO2S. The molecule has 1 N–H and O–H groups in total. The van der Waals surface area contributed by atoms with E-state index in [1.807, 2.05) is 0 Å². The highest BCUT2D eigenvalue weighted by Gasteiger charge is 2.58. The molecule has 0 aliphatic heterocycles. The summed E-state index contributed by atoms with van der Waals surface area (Å²) in [5, 5.41) is 2.41. The average Bonchev–Trinajstić information content (AvgIpc) is 3.35. The van der Waals surface area contributed by atoms with Crippen LogP contribution in [0.15, 0.2) is 40.9 Å². The number of hydrogen-bond acceptors (Lipinski definition) is 2. The van der Waals surface area contributed by atoms with E-state index in [0.717, 1.165) is 18.2 Å². The van der Waals surface area contributed by atoms with Gasteiger partial charge in [0.05, 0.1) is 38.5 Å². The summed E-state index contributed by atoms with van der Waals surface area (Å²) in [5.41, 5.74) is 0.394. The van der Waals surface area contributed by atoms with Crippen molar-refractivity contribution in [3.05, 3.63) is 72.6 Å².